The number of halogens is 4. The standard InChI is InChI=1S/C14H13Cl2F2NS/c1-7(10-4-3-9(17)5-12(10)18)19-8(2)11-6-13(15)20-14(11)16/h3-8,19H,1-2H3. The first-order chi connectivity index (χ1) is 9.38. The molecule has 1 nitrogen and oxygen atoms in total. The monoisotopic (exact) mass is 335 g/mol. The molecule has 108 valence electrons. The molecular weight excluding hydrogens is 323 g/mol. The molecule has 1 aromatic carbocycles. The predicted molar refractivity (Wildman–Crippen MR) is 80.7 cm³/mol. The van der Waals surface area contributed by atoms with Crippen LogP contribution in [-0.2, 0) is 0 Å². The van der Waals surface area contributed by atoms with Crippen LogP contribution in [0.5, 0.6) is 0 Å². The maximum Gasteiger partial charge on any atom is 0.130 e. The van der Waals surface area contributed by atoms with Crippen LogP contribution < -0.4 is 5.32 Å². The predicted octanol–water partition coefficient (Wildman–Crippen LogP) is 5.74. The lowest BCUT2D eigenvalue weighted by Crippen LogP contribution is -2.23. The van der Waals surface area contributed by atoms with Gasteiger partial charge in [-0.15, -0.1) is 11.3 Å². The number of rotatable bonds is 4. The molecule has 2 rings (SSSR count). The lowest BCUT2D eigenvalue weighted by Gasteiger charge is -2.20. The largest absolute Gasteiger partial charge is 0.303 e. The first-order valence-corrected chi connectivity index (χ1v) is 7.61. The SMILES string of the molecule is CC(NC(C)c1cc(Cl)sc1Cl)c1ccc(F)cc1F. The highest BCUT2D eigenvalue weighted by atomic mass is 35.5. The summed E-state index contributed by atoms with van der Waals surface area (Å²) in [6, 6.07) is 4.99. The van der Waals surface area contributed by atoms with E-state index in [2.05, 4.69) is 5.32 Å². The second kappa shape index (κ2) is 6.39. The van der Waals surface area contributed by atoms with Crippen molar-refractivity contribution < 1.29 is 8.78 Å². The fraction of sp³-hybridized carbons (Fsp3) is 0.286. The fourth-order valence-corrected chi connectivity index (χ4v) is 3.70. The van der Waals surface area contributed by atoms with Gasteiger partial charge in [0.05, 0.1) is 8.67 Å². The molecule has 0 fully saturated rings. The van der Waals surface area contributed by atoms with Crippen LogP contribution >= 0.6 is 34.5 Å². The quantitative estimate of drug-likeness (QED) is 0.750. The zero-order valence-electron chi connectivity index (χ0n) is 10.9. The van der Waals surface area contributed by atoms with Crippen molar-refractivity contribution in [2.75, 3.05) is 0 Å². The van der Waals surface area contributed by atoms with Crippen LogP contribution in [-0.4, -0.2) is 0 Å². The summed E-state index contributed by atoms with van der Waals surface area (Å²) in [5.41, 5.74) is 1.28. The highest BCUT2D eigenvalue weighted by Gasteiger charge is 2.18. The highest BCUT2D eigenvalue weighted by molar-refractivity contribution is 7.20. The van der Waals surface area contributed by atoms with Crippen molar-refractivity contribution in [1.29, 1.82) is 0 Å². The summed E-state index contributed by atoms with van der Waals surface area (Å²) in [5.74, 6) is -1.15. The first kappa shape index (κ1) is 15.7. The average Bonchev–Trinajstić information content (AvgIpc) is 2.68. The molecule has 0 amide bonds. The minimum absolute atomic E-state index is 0.0919. The van der Waals surface area contributed by atoms with E-state index in [1.165, 1.54) is 23.5 Å². The molecule has 0 spiro atoms. The third-order valence-corrected chi connectivity index (χ3v) is 4.60. The summed E-state index contributed by atoms with van der Waals surface area (Å²) in [4.78, 5) is 0. The molecule has 6 heteroatoms. The van der Waals surface area contributed by atoms with Crippen LogP contribution in [0.3, 0.4) is 0 Å². The Morgan fingerprint density at radius 3 is 2.25 bits per heavy atom. The molecule has 2 atom stereocenters. The van der Waals surface area contributed by atoms with Crippen LogP contribution in [0.4, 0.5) is 8.78 Å². The molecule has 0 aliphatic carbocycles. The van der Waals surface area contributed by atoms with Gasteiger partial charge in [0, 0.05) is 23.7 Å². The molecule has 2 aromatic rings. The van der Waals surface area contributed by atoms with Crippen molar-refractivity contribution in [2.45, 2.75) is 25.9 Å². The van der Waals surface area contributed by atoms with E-state index < -0.39 is 11.6 Å². The van der Waals surface area contributed by atoms with Crippen LogP contribution in [0, 0.1) is 11.6 Å². The van der Waals surface area contributed by atoms with Gasteiger partial charge in [0.1, 0.15) is 11.6 Å². The number of hydrogen-bond donors (Lipinski definition) is 1. The fourth-order valence-electron chi connectivity index (χ4n) is 2.06. The van der Waals surface area contributed by atoms with Gasteiger partial charge in [-0.25, -0.2) is 8.78 Å². The van der Waals surface area contributed by atoms with Crippen molar-refractivity contribution in [3.63, 3.8) is 0 Å². The van der Waals surface area contributed by atoms with Crippen molar-refractivity contribution in [2.24, 2.45) is 0 Å². The number of nitrogens with one attached hydrogen (secondary N) is 1. The maximum absolute atomic E-state index is 13.7. The van der Waals surface area contributed by atoms with Crippen LogP contribution in [0.15, 0.2) is 24.3 Å². The smallest absolute Gasteiger partial charge is 0.130 e. The molecule has 2 unspecified atom stereocenters. The Labute approximate surface area is 130 Å². The topological polar surface area (TPSA) is 12.0 Å². The first-order valence-electron chi connectivity index (χ1n) is 6.04. The van der Waals surface area contributed by atoms with E-state index in [0.29, 0.717) is 14.2 Å². The van der Waals surface area contributed by atoms with Crippen molar-refractivity contribution in [3.05, 3.63) is 55.7 Å². The summed E-state index contributed by atoms with van der Waals surface area (Å²) in [6.45, 7) is 3.73. The molecular formula is C14H13Cl2F2NS. The van der Waals surface area contributed by atoms with E-state index in [4.69, 9.17) is 23.2 Å². The Morgan fingerprint density at radius 1 is 1.05 bits per heavy atom. The lowest BCUT2D eigenvalue weighted by molar-refractivity contribution is 0.471. The molecule has 20 heavy (non-hydrogen) atoms. The zero-order valence-corrected chi connectivity index (χ0v) is 13.2. The van der Waals surface area contributed by atoms with Gasteiger partial charge in [-0.3, -0.25) is 0 Å². The summed E-state index contributed by atoms with van der Waals surface area (Å²) >= 11 is 13.3. The van der Waals surface area contributed by atoms with E-state index in [0.717, 1.165) is 11.6 Å². The number of benzene rings is 1. The van der Waals surface area contributed by atoms with Gasteiger partial charge in [0.2, 0.25) is 0 Å². The Morgan fingerprint density at radius 2 is 1.70 bits per heavy atom. The number of thiophene rings is 1. The van der Waals surface area contributed by atoms with E-state index >= 15 is 0 Å². The Kier molecular flexibility index (Phi) is 5.02. The van der Waals surface area contributed by atoms with E-state index in [-0.39, 0.29) is 12.1 Å². The summed E-state index contributed by atoms with van der Waals surface area (Å²) in [7, 11) is 0. The summed E-state index contributed by atoms with van der Waals surface area (Å²) in [5, 5.41) is 3.23. The average molecular weight is 336 g/mol. The van der Waals surface area contributed by atoms with Crippen LogP contribution in [0.25, 0.3) is 0 Å². The number of hydrogen-bond acceptors (Lipinski definition) is 2. The summed E-state index contributed by atoms with van der Waals surface area (Å²) in [6.07, 6.45) is 0. The van der Waals surface area contributed by atoms with Crippen molar-refractivity contribution in [3.8, 4) is 0 Å². The molecule has 0 aliphatic heterocycles. The van der Waals surface area contributed by atoms with Crippen molar-refractivity contribution in [1.82, 2.24) is 5.32 Å². The van der Waals surface area contributed by atoms with E-state index in [1.54, 1.807) is 6.07 Å². The third kappa shape index (κ3) is 3.50. The molecule has 1 N–H and O–H groups in total. The van der Waals surface area contributed by atoms with E-state index in [9.17, 15) is 8.78 Å². The maximum atomic E-state index is 13.7. The van der Waals surface area contributed by atoms with Gasteiger partial charge in [-0.05, 0) is 31.5 Å². The lowest BCUT2D eigenvalue weighted by atomic mass is 10.1. The summed E-state index contributed by atoms with van der Waals surface area (Å²) < 4.78 is 27.8. The van der Waals surface area contributed by atoms with Gasteiger partial charge in [0.15, 0.2) is 0 Å². The highest BCUT2D eigenvalue weighted by Crippen LogP contribution is 2.35. The Hall–Kier alpha value is -0.680. The zero-order chi connectivity index (χ0) is 14.9. The van der Waals surface area contributed by atoms with Gasteiger partial charge in [-0.1, -0.05) is 29.3 Å². The van der Waals surface area contributed by atoms with Crippen LogP contribution in [0.2, 0.25) is 8.67 Å². The molecule has 0 saturated heterocycles. The van der Waals surface area contributed by atoms with Gasteiger partial charge in [-0.2, -0.15) is 0 Å². The molecule has 1 heterocycles. The molecule has 0 aliphatic rings. The normalized spacial score (nSPS) is 14.3. The van der Waals surface area contributed by atoms with E-state index in [1.807, 2.05) is 13.8 Å². The van der Waals surface area contributed by atoms with Gasteiger partial charge >= 0.3 is 0 Å². The molecule has 0 radical (unpaired) electrons. The molecule has 1 aromatic heterocycles. The third-order valence-electron chi connectivity index (χ3n) is 3.08. The second-order valence-corrected chi connectivity index (χ2v) is 6.84. The second-order valence-electron chi connectivity index (χ2n) is 4.56. The molecule has 0 saturated carbocycles. The Balaban J connectivity index is 2.14. The van der Waals surface area contributed by atoms with Gasteiger partial charge < -0.3 is 5.32 Å². The Bertz CT molecular complexity index is 615. The van der Waals surface area contributed by atoms with Gasteiger partial charge in [0.25, 0.3) is 0 Å². The van der Waals surface area contributed by atoms with Crippen LogP contribution in [0.1, 0.15) is 37.1 Å². The molecule has 0 bridgehead atoms. The van der Waals surface area contributed by atoms with Crippen molar-refractivity contribution >= 4 is 34.5 Å². The minimum atomic E-state index is -0.584. The minimum Gasteiger partial charge on any atom is -0.303 e.